The van der Waals surface area contributed by atoms with Gasteiger partial charge in [0.25, 0.3) is 0 Å². The van der Waals surface area contributed by atoms with Crippen LogP contribution in [0, 0.1) is 0 Å². The first-order chi connectivity index (χ1) is 11.2. The largest absolute Gasteiger partial charge is 0.490 e. The van der Waals surface area contributed by atoms with Crippen LogP contribution in [-0.2, 0) is 6.54 Å². The number of ketones is 1. The van der Waals surface area contributed by atoms with Gasteiger partial charge in [0.15, 0.2) is 5.78 Å². The predicted molar refractivity (Wildman–Crippen MR) is 89.1 cm³/mol. The fourth-order valence-electron chi connectivity index (χ4n) is 2.64. The Morgan fingerprint density at radius 2 is 2.43 bits per heavy atom. The van der Waals surface area contributed by atoms with Gasteiger partial charge in [0, 0.05) is 31.0 Å². The number of carbonyl (C=O) groups excluding carboxylic acids is 1. The second-order valence-corrected chi connectivity index (χ2v) is 5.68. The number of hydrogen-bond acceptors (Lipinski definition) is 5. The quantitative estimate of drug-likeness (QED) is 0.604. The van der Waals surface area contributed by atoms with E-state index < -0.39 is 0 Å². The van der Waals surface area contributed by atoms with Gasteiger partial charge in [-0.1, -0.05) is 0 Å². The van der Waals surface area contributed by atoms with Crippen LogP contribution in [-0.4, -0.2) is 41.1 Å². The van der Waals surface area contributed by atoms with Crippen molar-refractivity contribution in [3.63, 3.8) is 0 Å². The molecule has 6 heteroatoms. The summed E-state index contributed by atoms with van der Waals surface area (Å²) in [5.74, 6) is 0.913. The predicted octanol–water partition coefficient (Wildman–Crippen LogP) is 1.94. The molecule has 1 aliphatic rings. The van der Waals surface area contributed by atoms with Crippen LogP contribution >= 0.6 is 0 Å². The van der Waals surface area contributed by atoms with E-state index >= 15 is 0 Å². The number of rotatable bonds is 7. The molecule has 0 radical (unpaired) electrons. The van der Waals surface area contributed by atoms with Gasteiger partial charge in [0.05, 0.1) is 18.1 Å². The van der Waals surface area contributed by atoms with Gasteiger partial charge < -0.3 is 19.9 Å². The molecular weight excluding hydrogens is 292 g/mol. The fourth-order valence-corrected chi connectivity index (χ4v) is 2.64. The summed E-state index contributed by atoms with van der Waals surface area (Å²) in [6.07, 6.45) is 6.47. The van der Waals surface area contributed by atoms with Crippen LogP contribution in [0.25, 0.3) is 0 Å². The molecule has 0 saturated heterocycles. The maximum Gasteiger partial charge on any atom is 0.179 e. The lowest BCUT2D eigenvalue weighted by Gasteiger charge is -2.20. The number of anilines is 1. The minimum Gasteiger partial charge on any atom is -0.490 e. The normalized spacial score (nSPS) is 14.5. The van der Waals surface area contributed by atoms with Crippen molar-refractivity contribution < 1.29 is 9.53 Å². The van der Waals surface area contributed by atoms with Crippen molar-refractivity contribution in [3.05, 3.63) is 42.5 Å². The number of hydrogen-bond donors (Lipinski definition) is 2. The number of imidazole rings is 1. The second-order valence-electron chi connectivity index (χ2n) is 5.68. The van der Waals surface area contributed by atoms with Crippen LogP contribution in [0.1, 0.15) is 23.7 Å². The summed E-state index contributed by atoms with van der Waals surface area (Å²) in [5, 5.41) is 6.55. The summed E-state index contributed by atoms with van der Waals surface area (Å²) in [6, 6.07) is 5.36. The van der Waals surface area contributed by atoms with Crippen molar-refractivity contribution >= 4 is 11.5 Å². The molecule has 0 spiro atoms. The molecule has 1 aromatic carbocycles. The smallest absolute Gasteiger partial charge is 0.179 e. The third-order valence-corrected chi connectivity index (χ3v) is 3.94. The van der Waals surface area contributed by atoms with Crippen LogP contribution < -0.4 is 15.4 Å². The van der Waals surface area contributed by atoms with Gasteiger partial charge in [-0.3, -0.25) is 4.79 Å². The molecule has 6 nitrogen and oxygen atoms in total. The highest BCUT2D eigenvalue weighted by Crippen LogP contribution is 2.28. The molecule has 23 heavy (non-hydrogen) atoms. The Labute approximate surface area is 135 Å². The molecule has 0 saturated carbocycles. The Morgan fingerprint density at radius 3 is 3.26 bits per heavy atom. The summed E-state index contributed by atoms with van der Waals surface area (Å²) in [7, 11) is 0. The van der Waals surface area contributed by atoms with Gasteiger partial charge in [-0.2, -0.15) is 0 Å². The van der Waals surface area contributed by atoms with Gasteiger partial charge in [-0.15, -0.1) is 0 Å². The zero-order valence-electron chi connectivity index (χ0n) is 13.3. The molecule has 0 aliphatic carbocycles. The van der Waals surface area contributed by atoms with E-state index in [0.29, 0.717) is 12.2 Å². The van der Waals surface area contributed by atoms with Crippen molar-refractivity contribution in [2.45, 2.75) is 25.9 Å². The lowest BCUT2D eigenvalue weighted by molar-refractivity contribution is 0.0951. The van der Waals surface area contributed by atoms with E-state index in [9.17, 15) is 4.79 Å². The van der Waals surface area contributed by atoms with Crippen molar-refractivity contribution in [1.82, 2.24) is 14.9 Å². The Balaban J connectivity index is 1.50. The molecule has 0 bridgehead atoms. The van der Waals surface area contributed by atoms with Crippen LogP contribution in [0.3, 0.4) is 0 Å². The monoisotopic (exact) mass is 314 g/mol. The molecule has 2 heterocycles. The first-order valence-electron chi connectivity index (χ1n) is 7.98. The zero-order valence-corrected chi connectivity index (χ0v) is 13.3. The Kier molecular flexibility index (Phi) is 4.92. The van der Waals surface area contributed by atoms with E-state index in [4.69, 9.17) is 4.74 Å². The Morgan fingerprint density at radius 1 is 1.52 bits per heavy atom. The Bertz CT molecular complexity index is 655. The average Bonchev–Trinajstić information content (AvgIpc) is 3.11. The molecule has 1 atom stereocenters. The minimum atomic E-state index is -0.208. The topological polar surface area (TPSA) is 68.2 Å². The van der Waals surface area contributed by atoms with Crippen molar-refractivity contribution in [1.29, 1.82) is 0 Å². The third-order valence-electron chi connectivity index (χ3n) is 3.94. The van der Waals surface area contributed by atoms with Gasteiger partial charge in [0.1, 0.15) is 12.4 Å². The molecule has 2 N–H and O–H groups in total. The summed E-state index contributed by atoms with van der Waals surface area (Å²) in [5.41, 5.74) is 1.60. The first-order valence-corrected chi connectivity index (χ1v) is 7.98. The van der Waals surface area contributed by atoms with Crippen LogP contribution in [0.15, 0.2) is 36.9 Å². The standard InChI is InChI=1S/C17H22N4O2/c1-13(19-5-2-8-21-9-6-18-12-21)17(22)14-3-4-16-15(11-14)20-7-10-23-16/h3-4,6,9,11-13,19-20H,2,5,7-8,10H2,1H3. The number of carbonyl (C=O) groups is 1. The maximum absolute atomic E-state index is 12.5. The number of aryl methyl sites for hydroxylation is 1. The number of aromatic nitrogens is 2. The molecule has 1 unspecified atom stereocenters. The number of benzene rings is 1. The molecule has 122 valence electrons. The molecule has 0 fully saturated rings. The fraction of sp³-hybridized carbons (Fsp3) is 0.412. The summed E-state index contributed by atoms with van der Waals surface area (Å²) >= 11 is 0. The van der Waals surface area contributed by atoms with Crippen molar-refractivity contribution in [2.24, 2.45) is 0 Å². The molecule has 3 rings (SSSR count). The molecule has 0 amide bonds. The maximum atomic E-state index is 12.5. The van der Waals surface area contributed by atoms with Crippen LogP contribution in [0.4, 0.5) is 5.69 Å². The highest BCUT2D eigenvalue weighted by molar-refractivity contribution is 6.01. The highest BCUT2D eigenvalue weighted by Gasteiger charge is 2.17. The number of nitrogens with zero attached hydrogens (tertiary/aromatic N) is 2. The van der Waals surface area contributed by atoms with Crippen LogP contribution in [0.5, 0.6) is 5.75 Å². The van der Waals surface area contributed by atoms with E-state index in [2.05, 4.69) is 15.6 Å². The first kappa shape index (κ1) is 15.6. The summed E-state index contributed by atoms with van der Waals surface area (Å²) in [6.45, 7) is 5.02. The number of ether oxygens (including phenoxy) is 1. The highest BCUT2D eigenvalue weighted by atomic mass is 16.5. The van der Waals surface area contributed by atoms with Gasteiger partial charge in [0.2, 0.25) is 0 Å². The second kappa shape index (κ2) is 7.28. The summed E-state index contributed by atoms with van der Waals surface area (Å²) in [4.78, 5) is 16.5. The van der Waals surface area contributed by atoms with Crippen LogP contribution in [0.2, 0.25) is 0 Å². The van der Waals surface area contributed by atoms with Gasteiger partial charge in [-0.25, -0.2) is 4.98 Å². The molecular formula is C17H22N4O2. The van der Waals surface area contributed by atoms with E-state index in [1.165, 1.54) is 0 Å². The number of Topliss-reactive ketones (excluding diaryl/α,β-unsaturated/α-hetero) is 1. The van der Waals surface area contributed by atoms with Crippen molar-refractivity contribution in [2.75, 3.05) is 25.0 Å². The number of nitrogens with one attached hydrogen (secondary N) is 2. The van der Waals surface area contributed by atoms with Gasteiger partial charge >= 0.3 is 0 Å². The lowest BCUT2D eigenvalue weighted by Crippen LogP contribution is -2.35. The van der Waals surface area contributed by atoms with E-state index in [0.717, 1.165) is 37.5 Å². The van der Waals surface area contributed by atoms with Gasteiger partial charge in [-0.05, 0) is 38.1 Å². The molecule has 1 aliphatic heterocycles. The molecule has 2 aromatic rings. The lowest BCUT2D eigenvalue weighted by atomic mass is 10.0. The molecule has 1 aromatic heterocycles. The van der Waals surface area contributed by atoms with E-state index in [1.54, 1.807) is 12.5 Å². The minimum absolute atomic E-state index is 0.0998. The zero-order chi connectivity index (χ0) is 16.1. The third kappa shape index (κ3) is 3.90. The van der Waals surface area contributed by atoms with E-state index in [-0.39, 0.29) is 11.8 Å². The Hall–Kier alpha value is -2.34. The SMILES string of the molecule is CC(NCCCn1ccnc1)C(=O)c1ccc2c(c1)NCCO2. The number of fused-ring (bicyclic) bond motifs is 1. The summed E-state index contributed by atoms with van der Waals surface area (Å²) < 4.78 is 7.57. The average molecular weight is 314 g/mol. The van der Waals surface area contributed by atoms with Crippen molar-refractivity contribution in [3.8, 4) is 5.75 Å². The van der Waals surface area contributed by atoms with E-state index in [1.807, 2.05) is 35.9 Å².